The Morgan fingerprint density at radius 1 is 1.00 bits per heavy atom. The highest BCUT2D eigenvalue weighted by atomic mass is 32.1. The minimum Gasteiger partial charge on any atom is -0.351 e. The summed E-state index contributed by atoms with van der Waals surface area (Å²) in [7, 11) is 0. The SMILES string of the molecule is O=C(Cc1csc(-c2ccccc2)n1)N[C@@H](Cc1ccccc1)CN1CCCCC1. The monoisotopic (exact) mass is 419 g/mol. The maximum absolute atomic E-state index is 12.8. The first-order chi connectivity index (χ1) is 14.8. The van der Waals surface area contributed by atoms with Crippen LogP contribution in [0, 0.1) is 0 Å². The number of carbonyl (C=O) groups excluding carboxylic acids is 1. The van der Waals surface area contributed by atoms with Crippen molar-refractivity contribution in [2.24, 2.45) is 0 Å². The van der Waals surface area contributed by atoms with Crippen LogP contribution in [0.3, 0.4) is 0 Å². The molecule has 1 aliphatic heterocycles. The van der Waals surface area contributed by atoms with Crippen molar-refractivity contribution in [2.75, 3.05) is 19.6 Å². The first-order valence-electron chi connectivity index (χ1n) is 10.8. The fourth-order valence-corrected chi connectivity index (χ4v) is 4.88. The van der Waals surface area contributed by atoms with Crippen molar-refractivity contribution in [3.05, 3.63) is 77.3 Å². The van der Waals surface area contributed by atoms with E-state index in [0.717, 1.165) is 42.3 Å². The number of nitrogens with one attached hydrogen (secondary N) is 1. The zero-order chi connectivity index (χ0) is 20.6. The Kier molecular flexibility index (Phi) is 7.27. The van der Waals surface area contributed by atoms with Gasteiger partial charge in [-0.2, -0.15) is 0 Å². The van der Waals surface area contributed by atoms with Gasteiger partial charge in [0.15, 0.2) is 0 Å². The average molecular weight is 420 g/mol. The lowest BCUT2D eigenvalue weighted by Gasteiger charge is -2.31. The summed E-state index contributed by atoms with van der Waals surface area (Å²) in [4.78, 5) is 20.0. The highest BCUT2D eigenvalue weighted by Gasteiger charge is 2.19. The predicted molar refractivity (Wildman–Crippen MR) is 124 cm³/mol. The molecular weight excluding hydrogens is 390 g/mol. The topological polar surface area (TPSA) is 45.2 Å². The largest absolute Gasteiger partial charge is 0.351 e. The number of rotatable bonds is 8. The van der Waals surface area contributed by atoms with Crippen molar-refractivity contribution in [3.63, 3.8) is 0 Å². The van der Waals surface area contributed by atoms with Gasteiger partial charge in [0.25, 0.3) is 0 Å². The lowest BCUT2D eigenvalue weighted by Crippen LogP contribution is -2.46. The van der Waals surface area contributed by atoms with E-state index in [9.17, 15) is 4.79 Å². The maximum atomic E-state index is 12.8. The Morgan fingerprint density at radius 3 is 2.43 bits per heavy atom. The molecule has 0 spiro atoms. The summed E-state index contributed by atoms with van der Waals surface area (Å²) in [5.41, 5.74) is 3.20. The fourth-order valence-electron chi connectivity index (χ4n) is 4.06. The third kappa shape index (κ3) is 6.00. The van der Waals surface area contributed by atoms with Crippen LogP contribution in [0.15, 0.2) is 66.0 Å². The Balaban J connectivity index is 1.38. The molecule has 4 rings (SSSR count). The summed E-state index contributed by atoms with van der Waals surface area (Å²) >= 11 is 1.60. The van der Waals surface area contributed by atoms with Gasteiger partial charge < -0.3 is 10.2 Å². The summed E-state index contributed by atoms with van der Waals surface area (Å²) in [5, 5.41) is 6.26. The quantitative estimate of drug-likeness (QED) is 0.582. The molecule has 5 heteroatoms. The third-order valence-electron chi connectivity index (χ3n) is 5.53. The fraction of sp³-hybridized carbons (Fsp3) is 0.360. The number of nitrogens with zero attached hydrogens (tertiary/aromatic N) is 2. The normalized spacial score (nSPS) is 15.6. The molecule has 0 saturated carbocycles. The van der Waals surface area contributed by atoms with Crippen LogP contribution in [0.1, 0.15) is 30.5 Å². The van der Waals surface area contributed by atoms with Crippen LogP contribution in [0.5, 0.6) is 0 Å². The second-order valence-electron chi connectivity index (χ2n) is 8.00. The molecule has 30 heavy (non-hydrogen) atoms. The van der Waals surface area contributed by atoms with Crippen LogP contribution in [0.4, 0.5) is 0 Å². The van der Waals surface area contributed by atoms with E-state index in [-0.39, 0.29) is 11.9 Å². The van der Waals surface area contributed by atoms with Crippen LogP contribution >= 0.6 is 11.3 Å². The Bertz CT molecular complexity index is 920. The Morgan fingerprint density at radius 2 is 1.70 bits per heavy atom. The molecule has 1 aliphatic rings. The lowest BCUT2D eigenvalue weighted by atomic mass is 10.0. The maximum Gasteiger partial charge on any atom is 0.226 e. The van der Waals surface area contributed by atoms with Gasteiger partial charge in [0.2, 0.25) is 5.91 Å². The van der Waals surface area contributed by atoms with E-state index in [4.69, 9.17) is 0 Å². The van der Waals surface area contributed by atoms with Crippen molar-refractivity contribution in [1.29, 1.82) is 0 Å². The molecule has 1 N–H and O–H groups in total. The molecule has 0 radical (unpaired) electrons. The van der Waals surface area contributed by atoms with Crippen molar-refractivity contribution >= 4 is 17.2 Å². The summed E-state index contributed by atoms with van der Waals surface area (Å²) < 4.78 is 0. The number of thiazole rings is 1. The van der Waals surface area contributed by atoms with E-state index < -0.39 is 0 Å². The molecule has 1 amide bonds. The zero-order valence-corrected chi connectivity index (χ0v) is 18.1. The molecule has 3 aromatic rings. The van der Waals surface area contributed by atoms with Gasteiger partial charge in [-0.15, -0.1) is 11.3 Å². The van der Waals surface area contributed by atoms with Crippen LogP contribution < -0.4 is 5.32 Å². The van der Waals surface area contributed by atoms with Gasteiger partial charge in [-0.25, -0.2) is 4.98 Å². The minimum absolute atomic E-state index is 0.0536. The molecule has 1 saturated heterocycles. The summed E-state index contributed by atoms with van der Waals surface area (Å²) in [6.07, 6.45) is 5.02. The second-order valence-corrected chi connectivity index (χ2v) is 8.86. The number of hydrogen-bond donors (Lipinski definition) is 1. The standard InChI is InChI=1S/C25H29N3OS/c29-24(17-23-19-30-25(27-23)21-12-6-2-7-13-21)26-22(16-20-10-4-1-5-11-20)18-28-14-8-3-9-15-28/h1-2,4-7,10-13,19,22H,3,8-9,14-18H2,(H,26,29)/t22-/m0/s1. The molecule has 1 atom stereocenters. The zero-order valence-electron chi connectivity index (χ0n) is 17.3. The molecule has 0 unspecified atom stereocenters. The Hall–Kier alpha value is -2.50. The summed E-state index contributed by atoms with van der Waals surface area (Å²) in [5.74, 6) is 0.0536. The Labute approximate surface area is 183 Å². The molecular formula is C25H29N3OS. The van der Waals surface area contributed by atoms with Gasteiger partial charge in [0.1, 0.15) is 5.01 Å². The highest BCUT2D eigenvalue weighted by Crippen LogP contribution is 2.23. The lowest BCUT2D eigenvalue weighted by molar-refractivity contribution is -0.121. The first kappa shape index (κ1) is 20.8. The van der Waals surface area contributed by atoms with Crippen LogP contribution in [-0.2, 0) is 17.6 Å². The van der Waals surface area contributed by atoms with Crippen LogP contribution in [0.2, 0.25) is 0 Å². The molecule has 1 fully saturated rings. The smallest absolute Gasteiger partial charge is 0.226 e. The van der Waals surface area contributed by atoms with E-state index in [1.165, 1.54) is 24.8 Å². The number of piperidine rings is 1. The van der Waals surface area contributed by atoms with Gasteiger partial charge >= 0.3 is 0 Å². The number of amides is 1. The molecule has 0 aliphatic carbocycles. The van der Waals surface area contributed by atoms with Crippen LogP contribution in [-0.4, -0.2) is 41.5 Å². The number of benzene rings is 2. The van der Waals surface area contributed by atoms with Gasteiger partial charge in [0, 0.05) is 23.5 Å². The summed E-state index contributed by atoms with van der Waals surface area (Å²) in [6.45, 7) is 3.17. The molecule has 4 nitrogen and oxygen atoms in total. The molecule has 1 aromatic heterocycles. The van der Waals surface area contributed by atoms with E-state index in [2.05, 4.69) is 51.6 Å². The van der Waals surface area contributed by atoms with E-state index >= 15 is 0 Å². The number of hydrogen-bond acceptors (Lipinski definition) is 4. The molecule has 2 aromatic carbocycles. The predicted octanol–water partition coefficient (Wildman–Crippen LogP) is 4.57. The van der Waals surface area contributed by atoms with Gasteiger partial charge in [-0.3, -0.25) is 4.79 Å². The van der Waals surface area contributed by atoms with Crippen molar-refractivity contribution in [1.82, 2.24) is 15.2 Å². The van der Waals surface area contributed by atoms with Gasteiger partial charge in [-0.05, 0) is 37.9 Å². The minimum atomic E-state index is 0.0536. The highest BCUT2D eigenvalue weighted by molar-refractivity contribution is 7.13. The van der Waals surface area contributed by atoms with Crippen molar-refractivity contribution < 1.29 is 4.79 Å². The number of carbonyl (C=O) groups is 1. The summed E-state index contributed by atoms with van der Waals surface area (Å²) in [6, 6.07) is 20.7. The van der Waals surface area contributed by atoms with Crippen molar-refractivity contribution in [3.8, 4) is 10.6 Å². The van der Waals surface area contributed by atoms with Crippen LogP contribution in [0.25, 0.3) is 10.6 Å². The first-order valence-corrected chi connectivity index (χ1v) is 11.7. The second kappa shape index (κ2) is 10.5. The van der Waals surface area contributed by atoms with Gasteiger partial charge in [-0.1, -0.05) is 67.1 Å². The third-order valence-corrected chi connectivity index (χ3v) is 6.47. The van der Waals surface area contributed by atoms with E-state index in [1.807, 2.05) is 29.6 Å². The number of aromatic nitrogens is 1. The average Bonchev–Trinajstić information content (AvgIpc) is 3.24. The van der Waals surface area contributed by atoms with Gasteiger partial charge in [0.05, 0.1) is 12.1 Å². The molecule has 2 heterocycles. The number of likely N-dealkylation sites (tertiary alicyclic amines) is 1. The molecule has 0 bridgehead atoms. The van der Waals surface area contributed by atoms with E-state index in [1.54, 1.807) is 11.3 Å². The van der Waals surface area contributed by atoms with Crippen molar-refractivity contribution in [2.45, 2.75) is 38.1 Å². The van der Waals surface area contributed by atoms with E-state index in [0.29, 0.717) is 6.42 Å². The molecule has 156 valence electrons.